The van der Waals surface area contributed by atoms with Crippen LogP contribution in [0.2, 0.25) is 0 Å². The van der Waals surface area contributed by atoms with Crippen molar-refractivity contribution < 1.29 is 14.3 Å². The van der Waals surface area contributed by atoms with Crippen LogP contribution in [-0.4, -0.2) is 28.3 Å². The fourth-order valence-electron chi connectivity index (χ4n) is 3.48. The molecule has 1 N–H and O–H groups in total. The van der Waals surface area contributed by atoms with Gasteiger partial charge in [0.05, 0.1) is 22.5 Å². The highest BCUT2D eigenvalue weighted by Gasteiger charge is 2.22. The van der Waals surface area contributed by atoms with E-state index in [4.69, 9.17) is 4.74 Å². The third-order valence-corrected chi connectivity index (χ3v) is 6.57. The highest BCUT2D eigenvalue weighted by Crippen LogP contribution is 2.33. The van der Waals surface area contributed by atoms with E-state index in [1.54, 1.807) is 41.1 Å². The zero-order valence-corrected chi connectivity index (χ0v) is 21.6. The highest BCUT2D eigenvalue weighted by molar-refractivity contribution is 7.99. The molecule has 8 heteroatoms. The Hall–Kier alpha value is -4.35. The Kier molecular flexibility index (Phi) is 7.75. The number of hydrogen-bond acceptors (Lipinski definition) is 6. The molecular weight excluding hydrogens is 484 g/mol. The number of ether oxygens (including phenoxy) is 1. The van der Waals surface area contributed by atoms with Gasteiger partial charge in [-0.2, -0.15) is 10.4 Å². The third kappa shape index (κ3) is 6.26. The Balaban J connectivity index is 1.48. The van der Waals surface area contributed by atoms with Crippen LogP contribution in [0.15, 0.2) is 94.7 Å². The summed E-state index contributed by atoms with van der Waals surface area (Å²) in [6.07, 6.45) is 0. The van der Waals surface area contributed by atoms with Crippen molar-refractivity contribution in [3.63, 3.8) is 0 Å². The molecule has 0 aliphatic heterocycles. The number of benzene rings is 3. The molecule has 186 valence electrons. The molecule has 0 spiro atoms. The molecule has 0 radical (unpaired) electrons. The number of amides is 1. The van der Waals surface area contributed by atoms with Crippen LogP contribution in [-0.2, 0) is 14.9 Å². The van der Waals surface area contributed by atoms with Crippen molar-refractivity contribution in [1.29, 1.82) is 5.26 Å². The van der Waals surface area contributed by atoms with Crippen LogP contribution < -0.4 is 5.32 Å². The van der Waals surface area contributed by atoms with E-state index >= 15 is 0 Å². The summed E-state index contributed by atoms with van der Waals surface area (Å²) in [5.74, 6) is -0.619. The summed E-state index contributed by atoms with van der Waals surface area (Å²) in [7, 11) is 0. The number of aromatic nitrogens is 2. The van der Waals surface area contributed by atoms with Crippen LogP contribution in [0.4, 0.5) is 5.82 Å². The molecule has 0 fully saturated rings. The summed E-state index contributed by atoms with van der Waals surface area (Å²) in [5, 5.41) is 16.9. The molecule has 0 aliphatic carbocycles. The SMILES string of the molecule is CC(C)(C)c1cc(NC(=O)COC(=O)c2ccccc2Sc2ccccc2C#N)n(-c2ccccc2)n1. The number of carbonyl (C=O) groups is 2. The van der Waals surface area contributed by atoms with Crippen molar-refractivity contribution in [1.82, 2.24) is 9.78 Å². The number of anilines is 1. The predicted octanol–water partition coefficient (Wildman–Crippen LogP) is 5.99. The lowest BCUT2D eigenvalue weighted by Crippen LogP contribution is -2.22. The first-order valence-corrected chi connectivity index (χ1v) is 12.5. The van der Waals surface area contributed by atoms with Crippen LogP contribution >= 0.6 is 11.8 Å². The first kappa shape index (κ1) is 25.7. The van der Waals surface area contributed by atoms with E-state index in [2.05, 4.69) is 16.5 Å². The third-order valence-electron chi connectivity index (χ3n) is 5.41. The van der Waals surface area contributed by atoms with E-state index in [1.807, 2.05) is 69.3 Å². The second-order valence-electron chi connectivity index (χ2n) is 9.24. The van der Waals surface area contributed by atoms with Gasteiger partial charge in [-0.1, -0.05) is 75.0 Å². The van der Waals surface area contributed by atoms with Crippen molar-refractivity contribution in [2.45, 2.75) is 36.0 Å². The van der Waals surface area contributed by atoms with Gasteiger partial charge in [0.1, 0.15) is 11.9 Å². The Morgan fingerprint density at radius 2 is 1.62 bits per heavy atom. The second-order valence-corrected chi connectivity index (χ2v) is 10.3. The molecule has 0 bridgehead atoms. The summed E-state index contributed by atoms with van der Waals surface area (Å²) in [5.41, 5.74) is 2.22. The minimum Gasteiger partial charge on any atom is -0.452 e. The Labute approximate surface area is 220 Å². The fourth-order valence-corrected chi connectivity index (χ4v) is 4.50. The van der Waals surface area contributed by atoms with Crippen LogP contribution in [0.1, 0.15) is 42.4 Å². The average molecular weight is 511 g/mol. The van der Waals surface area contributed by atoms with Crippen molar-refractivity contribution >= 4 is 29.5 Å². The number of hydrogen-bond donors (Lipinski definition) is 1. The molecule has 1 heterocycles. The van der Waals surface area contributed by atoms with Crippen LogP contribution in [0.5, 0.6) is 0 Å². The maximum atomic E-state index is 12.9. The van der Waals surface area contributed by atoms with Gasteiger partial charge in [-0.05, 0) is 36.4 Å². The molecule has 3 aromatic carbocycles. The summed E-state index contributed by atoms with van der Waals surface area (Å²) < 4.78 is 7.02. The van der Waals surface area contributed by atoms with Gasteiger partial charge < -0.3 is 10.1 Å². The number of para-hydroxylation sites is 1. The van der Waals surface area contributed by atoms with E-state index in [-0.39, 0.29) is 5.41 Å². The maximum Gasteiger partial charge on any atom is 0.339 e. The van der Waals surface area contributed by atoms with Crippen LogP contribution in [0.25, 0.3) is 5.69 Å². The molecule has 7 nitrogen and oxygen atoms in total. The first-order valence-electron chi connectivity index (χ1n) is 11.7. The fraction of sp³-hybridized carbons (Fsp3) is 0.172. The number of esters is 1. The van der Waals surface area contributed by atoms with Crippen molar-refractivity contribution in [3.8, 4) is 11.8 Å². The summed E-state index contributed by atoms with van der Waals surface area (Å²) in [6, 6.07) is 27.6. The monoisotopic (exact) mass is 510 g/mol. The largest absolute Gasteiger partial charge is 0.452 e. The molecule has 1 amide bonds. The van der Waals surface area contributed by atoms with Gasteiger partial charge in [-0.15, -0.1) is 0 Å². The highest BCUT2D eigenvalue weighted by atomic mass is 32.2. The lowest BCUT2D eigenvalue weighted by Gasteiger charge is -2.14. The molecule has 0 aliphatic rings. The maximum absolute atomic E-state index is 12.9. The van der Waals surface area contributed by atoms with Crippen LogP contribution in [0.3, 0.4) is 0 Å². The molecule has 1 aromatic heterocycles. The predicted molar refractivity (Wildman–Crippen MR) is 143 cm³/mol. The van der Waals surface area contributed by atoms with E-state index in [1.165, 1.54) is 11.8 Å². The number of carbonyl (C=O) groups excluding carboxylic acids is 2. The summed E-state index contributed by atoms with van der Waals surface area (Å²) >= 11 is 1.30. The first-order chi connectivity index (χ1) is 17.8. The van der Waals surface area contributed by atoms with Gasteiger partial charge in [0.2, 0.25) is 0 Å². The Bertz CT molecular complexity index is 1470. The smallest absolute Gasteiger partial charge is 0.339 e. The lowest BCUT2D eigenvalue weighted by atomic mass is 9.92. The minimum absolute atomic E-state index is 0.225. The number of nitriles is 1. The molecular formula is C29H26N4O3S. The Morgan fingerprint density at radius 3 is 2.32 bits per heavy atom. The minimum atomic E-state index is -0.625. The molecule has 0 saturated heterocycles. The van der Waals surface area contributed by atoms with E-state index in [0.29, 0.717) is 21.8 Å². The molecule has 0 saturated carbocycles. The van der Waals surface area contributed by atoms with Gasteiger partial charge in [-0.25, -0.2) is 9.48 Å². The van der Waals surface area contributed by atoms with Gasteiger partial charge >= 0.3 is 5.97 Å². The van der Waals surface area contributed by atoms with Gasteiger partial charge in [0, 0.05) is 21.3 Å². The van der Waals surface area contributed by atoms with Gasteiger partial charge in [0.25, 0.3) is 5.91 Å². The molecule has 4 rings (SSSR count). The molecule has 4 aromatic rings. The van der Waals surface area contributed by atoms with Gasteiger partial charge in [-0.3, -0.25) is 4.79 Å². The van der Waals surface area contributed by atoms with Crippen LogP contribution in [0, 0.1) is 11.3 Å². The second kappa shape index (κ2) is 11.1. The van der Waals surface area contributed by atoms with E-state index in [9.17, 15) is 14.9 Å². The summed E-state index contributed by atoms with van der Waals surface area (Å²) in [4.78, 5) is 27.0. The normalized spacial score (nSPS) is 11.0. The standard InChI is InChI=1S/C29H26N4O3S/c1-29(2,3)25-17-26(33(32-25)21-12-5-4-6-13-21)31-27(34)19-36-28(35)22-14-8-10-16-24(22)37-23-15-9-7-11-20(23)18-30/h4-17H,19H2,1-3H3,(H,31,34). The van der Waals surface area contributed by atoms with E-state index in [0.717, 1.165) is 16.3 Å². The van der Waals surface area contributed by atoms with Crippen molar-refractivity contribution in [2.75, 3.05) is 11.9 Å². The lowest BCUT2D eigenvalue weighted by molar-refractivity contribution is -0.119. The number of nitrogens with one attached hydrogen (secondary N) is 1. The Morgan fingerprint density at radius 1 is 0.973 bits per heavy atom. The van der Waals surface area contributed by atoms with Crippen molar-refractivity contribution in [2.24, 2.45) is 0 Å². The summed E-state index contributed by atoms with van der Waals surface area (Å²) in [6.45, 7) is 5.67. The molecule has 37 heavy (non-hydrogen) atoms. The van der Waals surface area contributed by atoms with Crippen molar-refractivity contribution in [3.05, 3.63) is 102 Å². The quantitative estimate of drug-likeness (QED) is 0.307. The average Bonchev–Trinajstić information content (AvgIpc) is 3.33. The topological polar surface area (TPSA) is 97.0 Å². The molecule has 0 unspecified atom stereocenters. The molecule has 0 atom stereocenters. The zero-order valence-electron chi connectivity index (χ0n) is 20.8. The zero-order chi connectivity index (χ0) is 26.4. The van der Waals surface area contributed by atoms with E-state index < -0.39 is 18.5 Å². The van der Waals surface area contributed by atoms with Gasteiger partial charge in [0.15, 0.2) is 6.61 Å². The number of nitrogens with zero attached hydrogens (tertiary/aromatic N) is 3. The number of rotatable bonds is 7.